The number of nitrogens with zero attached hydrogens (tertiary/aromatic N) is 2. The lowest BCUT2D eigenvalue weighted by molar-refractivity contribution is 0.790. The highest BCUT2D eigenvalue weighted by atomic mass is 32.2. The summed E-state index contributed by atoms with van der Waals surface area (Å²) in [6.07, 6.45) is 3.77. The van der Waals surface area contributed by atoms with E-state index in [0.717, 1.165) is 16.5 Å². The van der Waals surface area contributed by atoms with Gasteiger partial charge in [-0.15, -0.1) is 11.3 Å². The van der Waals surface area contributed by atoms with E-state index in [1.165, 1.54) is 4.88 Å². The van der Waals surface area contributed by atoms with Gasteiger partial charge in [-0.3, -0.25) is 0 Å². The maximum absolute atomic E-state index is 5.34. The van der Waals surface area contributed by atoms with Gasteiger partial charge >= 0.3 is 0 Å². The number of rotatable bonds is 3. The molecule has 2 heterocycles. The van der Waals surface area contributed by atoms with Crippen molar-refractivity contribution in [2.75, 3.05) is 6.54 Å². The summed E-state index contributed by atoms with van der Waals surface area (Å²) in [7, 11) is 2.00. The second-order valence-corrected chi connectivity index (χ2v) is 5.36. The van der Waals surface area contributed by atoms with Gasteiger partial charge in [-0.25, -0.2) is 4.98 Å². The highest BCUT2D eigenvalue weighted by Gasteiger charge is 2.03. The summed E-state index contributed by atoms with van der Waals surface area (Å²) in [6.45, 7) is 0.410. The van der Waals surface area contributed by atoms with Crippen molar-refractivity contribution in [3.63, 3.8) is 0 Å². The monoisotopic (exact) mass is 263 g/mol. The molecule has 0 aliphatic carbocycles. The summed E-state index contributed by atoms with van der Waals surface area (Å²) in [5, 5.41) is 3.10. The van der Waals surface area contributed by atoms with E-state index in [1.54, 1.807) is 23.1 Å². The number of hydrogen-bond acceptors (Lipinski definition) is 4. The maximum atomic E-state index is 5.34. The fraction of sp³-hybridized carbons (Fsp3) is 0.250. The first-order valence-corrected chi connectivity index (χ1v) is 7.02. The minimum absolute atomic E-state index is 0.410. The van der Waals surface area contributed by atoms with Gasteiger partial charge in [0, 0.05) is 41.0 Å². The number of aryl methyl sites for hydroxylation is 1. The number of thiophene rings is 1. The molecule has 0 spiro atoms. The first-order valence-electron chi connectivity index (χ1n) is 5.16. The summed E-state index contributed by atoms with van der Waals surface area (Å²) in [5.41, 5.74) is 6.39. The molecule has 0 unspecified atom stereocenters. The summed E-state index contributed by atoms with van der Waals surface area (Å²) in [4.78, 5) is 5.58. The van der Waals surface area contributed by atoms with Crippen molar-refractivity contribution in [1.29, 1.82) is 0 Å². The molecule has 3 nitrogen and oxygen atoms in total. The summed E-state index contributed by atoms with van der Waals surface area (Å²) in [5.74, 6) is 6.82. The molecule has 0 aliphatic rings. The van der Waals surface area contributed by atoms with E-state index in [1.807, 2.05) is 24.0 Å². The number of thioether (sulfide) groups is 1. The van der Waals surface area contributed by atoms with Gasteiger partial charge in [0.2, 0.25) is 0 Å². The standard InChI is InChI=1S/C12H13N3S2/c1-15-6-5-14-12(15)17-9-11-7-10(8-16-11)3-2-4-13/h5-8H,4,9,13H2,1H3. The van der Waals surface area contributed by atoms with E-state index in [0.29, 0.717) is 6.54 Å². The van der Waals surface area contributed by atoms with Gasteiger partial charge in [0.15, 0.2) is 5.16 Å². The smallest absolute Gasteiger partial charge is 0.168 e. The molecule has 2 N–H and O–H groups in total. The van der Waals surface area contributed by atoms with E-state index >= 15 is 0 Å². The Morgan fingerprint density at radius 3 is 3.18 bits per heavy atom. The molecule has 0 bridgehead atoms. The molecule has 0 atom stereocenters. The largest absolute Gasteiger partial charge is 0.329 e. The van der Waals surface area contributed by atoms with Gasteiger partial charge in [0.05, 0.1) is 6.54 Å². The molecule has 2 aromatic rings. The van der Waals surface area contributed by atoms with Crippen LogP contribution in [0.4, 0.5) is 0 Å². The van der Waals surface area contributed by atoms with Crippen molar-refractivity contribution in [3.8, 4) is 11.8 Å². The third-order valence-electron chi connectivity index (χ3n) is 2.11. The third-order valence-corrected chi connectivity index (χ3v) is 4.34. The van der Waals surface area contributed by atoms with E-state index in [-0.39, 0.29) is 0 Å². The van der Waals surface area contributed by atoms with Crippen LogP contribution in [-0.2, 0) is 12.8 Å². The minimum Gasteiger partial charge on any atom is -0.329 e. The van der Waals surface area contributed by atoms with E-state index in [9.17, 15) is 0 Å². The van der Waals surface area contributed by atoms with Crippen LogP contribution in [0.3, 0.4) is 0 Å². The van der Waals surface area contributed by atoms with Crippen molar-refractivity contribution in [1.82, 2.24) is 9.55 Å². The molecule has 0 saturated carbocycles. The average molecular weight is 263 g/mol. The molecule has 88 valence electrons. The Labute approximate surface area is 109 Å². The maximum Gasteiger partial charge on any atom is 0.168 e. The molecule has 5 heteroatoms. The van der Waals surface area contributed by atoms with Crippen molar-refractivity contribution >= 4 is 23.1 Å². The minimum atomic E-state index is 0.410. The number of aromatic nitrogens is 2. The zero-order valence-electron chi connectivity index (χ0n) is 9.51. The topological polar surface area (TPSA) is 43.8 Å². The molecule has 2 rings (SSSR count). The Bertz CT molecular complexity index is 545. The molecular formula is C12H13N3S2. The highest BCUT2D eigenvalue weighted by Crippen LogP contribution is 2.24. The first-order chi connectivity index (χ1) is 8.29. The van der Waals surface area contributed by atoms with Crippen LogP contribution in [0.25, 0.3) is 0 Å². The molecule has 2 aromatic heterocycles. The average Bonchev–Trinajstić information content (AvgIpc) is 2.93. The zero-order chi connectivity index (χ0) is 12.1. The third kappa shape index (κ3) is 3.37. The number of hydrogen-bond donors (Lipinski definition) is 1. The lowest BCUT2D eigenvalue weighted by Crippen LogP contribution is -1.92. The van der Waals surface area contributed by atoms with E-state index < -0.39 is 0 Å². The normalized spacial score (nSPS) is 10.0. The van der Waals surface area contributed by atoms with Crippen molar-refractivity contribution in [2.45, 2.75) is 10.9 Å². The summed E-state index contributed by atoms with van der Waals surface area (Å²) >= 11 is 3.46. The second-order valence-electron chi connectivity index (χ2n) is 3.42. The van der Waals surface area contributed by atoms with Crippen LogP contribution in [0.15, 0.2) is 29.0 Å². The molecule has 0 aliphatic heterocycles. The molecule has 0 aromatic carbocycles. The van der Waals surface area contributed by atoms with Gasteiger partial charge in [0.25, 0.3) is 0 Å². The second kappa shape index (κ2) is 5.92. The van der Waals surface area contributed by atoms with Crippen molar-refractivity contribution < 1.29 is 0 Å². The quantitative estimate of drug-likeness (QED) is 0.681. The number of nitrogens with two attached hydrogens (primary N) is 1. The van der Waals surface area contributed by atoms with Crippen LogP contribution in [0.2, 0.25) is 0 Å². The van der Waals surface area contributed by atoms with Gasteiger partial charge in [-0.2, -0.15) is 0 Å². The SMILES string of the molecule is Cn1ccnc1SCc1cc(C#CCN)cs1. The van der Waals surface area contributed by atoms with Crippen LogP contribution >= 0.6 is 23.1 Å². The summed E-state index contributed by atoms with van der Waals surface area (Å²) < 4.78 is 2.02. The van der Waals surface area contributed by atoms with Crippen LogP contribution in [-0.4, -0.2) is 16.1 Å². The van der Waals surface area contributed by atoms with Gasteiger partial charge < -0.3 is 10.3 Å². The van der Waals surface area contributed by atoms with Crippen LogP contribution in [0.5, 0.6) is 0 Å². The first kappa shape index (κ1) is 12.2. The fourth-order valence-electron chi connectivity index (χ4n) is 1.30. The highest BCUT2D eigenvalue weighted by molar-refractivity contribution is 7.98. The van der Waals surface area contributed by atoms with Gasteiger partial charge in [-0.05, 0) is 6.07 Å². The van der Waals surface area contributed by atoms with Crippen LogP contribution < -0.4 is 5.73 Å². The molecular weight excluding hydrogens is 250 g/mol. The Hall–Kier alpha value is -1.22. The van der Waals surface area contributed by atoms with Crippen LogP contribution in [0, 0.1) is 11.8 Å². The van der Waals surface area contributed by atoms with Crippen molar-refractivity contribution in [2.24, 2.45) is 12.8 Å². The molecule has 0 amide bonds. The molecule has 17 heavy (non-hydrogen) atoms. The Balaban J connectivity index is 1.96. The van der Waals surface area contributed by atoms with E-state index in [2.05, 4.69) is 28.3 Å². The molecule has 0 radical (unpaired) electrons. The predicted octanol–water partition coefficient (Wildman–Crippen LogP) is 2.08. The summed E-state index contributed by atoms with van der Waals surface area (Å²) in [6, 6.07) is 2.11. The van der Waals surface area contributed by atoms with Crippen molar-refractivity contribution in [3.05, 3.63) is 34.3 Å². The fourth-order valence-corrected chi connectivity index (χ4v) is 3.11. The molecule has 0 saturated heterocycles. The lowest BCUT2D eigenvalue weighted by Gasteiger charge is -1.98. The predicted molar refractivity (Wildman–Crippen MR) is 73.0 cm³/mol. The Kier molecular flexibility index (Phi) is 4.26. The molecule has 0 fully saturated rings. The van der Waals surface area contributed by atoms with Gasteiger partial charge in [0.1, 0.15) is 0 Å². The number of imidazole rings is 1. The van der Waals surface area contributed by atoms with E-state index in [4.69, 9.17) is 5.73 Å². The lowest BCUT2D eigenvalue weighted by atomic mass is 10.3. The van der Waals surface area contributed by atoms with Gasteiger partial charge in [-0.1, -0.05) is 23.6 Å². The Morgan fingerprint density at radius 1 is 1.59 bits per heavy atom. The van der Waals surface area contributed by atoms with Crippen LogP contribution in [0.1, 0.15) is 10.4 Å². The zero-order valence-corrected chi connectivity index (χ0v) is 11.1. The Morgan fingerprint density at radius 2 is 2.47 bits per heavy atom.